The average Bonchev–Trinajstić information content (AvgIpc) is 2.36. The van der Waals surface area contributed by atoms with Gasteiger partial charge in [0.25, 0.3) is 0 Å². The molecule has 3 heteroatoms. The van der Waals surface area contributed by atoms with Gasteiger partial charge in [-0.05, 0) is 30.9 Å². The second kappa shape index (κ2) is 4.62. The van der Waals surface area contributed by atoms with Crippen molar-refractivity contribution in [2.24, 2.45) is 5.41 Å². The van der Waals surface area contributed by atoms with Gasteiger partial charge in [0.05, 0.1) is 0 Å². The molecule has 1 aromatic carbocycles. The molecular formula is C14H16O3. The smallest absolute Gasteiger partial charge is 0.313 e. The number of carboxylic acids is 1. The minimum absolute atomic E-state index is 0.243. The first-order chi connectivity index (χ1) is 8.18. The highest BCUT2D eigenvalue weighted by atomic mass is 16.5. The van der Waals surface area contributed by atoms with Gasteiger partial charge < -0.3 is 9.84 Å². The average molecular weight is 232 g/mol. The van der Waals surface area contributed by atoms with Crippen LogP contribution in [0, 0.1) is 5.41 Å². The highest BCUT2D eigenvalue weighted by Gasteiger charge is 2.42. The normalized spacial score (nSPS) is 22.4. The summed E-state index contributed by atoms with van der Waals surface area (Å²) in [5.41, 5.74) is 0.174. The van der Waals surface area contributed by atoms with E-state index >= 15 is 0 Å². The monoisotopic (exact) mass is 232 g/mol. The first kappa shape index (κ1) is 11.7. The van der Waals surface area contributed by atoms with E-state index in [9.17, 15) is 9.90 Å². The van der Waals surface area contributed by atoms with E-state index in [0.717, 1.165) is 11.3 Å². The molecular weight excluding hydrogens is 216 g/mol. The predicted molar refractivity (Wildman–Crippen MR) is 65.1 cm³/mol. The van der Waals surface area contributed by atoms with Crippen molar-refractivity contribution in [1.29, 1.82) is 0 Å². The SMILES string of the molecule is C=CCCC1(C(=O)O)COc2ccccc2C1. The van der Waals surface area contributed by atoms with Crippen LogP contribution in [0.25, 0.3) is 0 Å². The Morgan fingerprint density at radius 2 is 2.29 bits per heavy atom. The Labute approximate surface area is 101 Å². The first-order valence-corrected chi connectivity index (χ1v) is 5.73. The molecule has 0 radical (unpaired) electrons. The number of carbonyl (C=O) groups is 1. The Morgan fingerprint density at radius 1 is 1.53 bits per heavy atom. The number of benzene rings is 1. The fourth-order valence-corrected chi connectivity index (χ4v) is 2.21. The number of aliphatic carboxylic acids is 1. The van der Waals surface area contributed by atoms with Gasteiger partial charge in [-0.15, -0.1) is 6.58 Å². The summed E-state index contributed by atoms with van der Waals surface area (Å²) in [5, 5.41) is 9.43. The quantitative estimate of drug-likeness (QED) is 0.812. The molecule has 17 heavy (non-hydrogen) atoms. The van der Waals surface area contributed by atoms with Crippen LogP contribution in [0.5, 0.6) is 5.75 Å². The van der Waals surface area contributed by atoms with E-state index in [1.807, 2.05) is 24.3 Å². The number of hydrogen-bond donors (Lipinski definition) is 1. The van der Waals surface area contributed by atoms with Crippen LogP contribution in [-0.2, 0) is 11.2 Å². The van der Waals surface area contributed by atoms with Crippen LogP contribution in [0.1, 0.15) is 18.4 Å². The van der Waals surface area contributed by atoms with Crippen molar-refractivity contribution < 1.29 is 14.6 Å². The standard InChI is InChI=1S/C14H16O3/c1-2-3-8-14(13(15)16)9-11-6-4-5-7-12(11)17-10-14/h2,4-7H,1,3,8-10H2,(H,15,16). The first-order valence-electron chi connectivity index (χ1n) is 5.73. The molecule has 0 amide bonds. The van der Waals surface area contributed by atoms with Crippen LogP contribution < -0.4 is 4.74 Å². The van der Waals surface area contributed by atoms with Crippen molar-refractivity contribution in [3.05, 3.63) is 42.5 Å². The Bertz CT molecular complexity index is 439. The number of allylic oxidation sites excluding steroid dienone is 1. The lowest BCUT2D eigenvalue weighted by molar-refractivity contribution is -0.152. The number of ether oxygens (including phenoxy) is 1. The lowest BCUT2D eigenvalue weighted by atomic mass is 9.77. The summed E-state index contributed by atoms with van der Waals surface area (Å²) in [5.74, 6) is 0.0248. The van der Waals surface area contributed by atoms with Crippen LogP contribution in [0.3, 0.4) is 0 Å². The minimum atomic E-state index is -0.803. The number of rotatable bonds is 4. The van der Waals surface area contributed by atoms with Gasteiger partial charge in [-0.2, -0.15) is 0 Å². The molecule has 90 valence electrons. The van der Waals surface area contributed by atoms with Gasteiger partial charge in [0.2, 0.25) is 0 Å². The minimum Gasteiger partial charge on any atom is -0.492 e. The zero-order chi connectivity index (χ0) is 12.3. The Morgan fingerprint density at radius 3 is 3.00 bits per heavy atom. The molecule has 1 aliphatic heterocycles. The van der Waals surface area contributed by atoms with E-state index in [1.165, 1.54) is 0 Å². The third kappa shape index (κ3) is 2.18. The summed E-state index contributed by atoms with van der Waals surface area (Å²) in [6, 6.07) is 7.62. The second-order valence-corrected chi connectivity index (χ2v) is 4.49. The maximum atomic E-state index is 11.5. The second-order valence-electron chi connectivity index (χ2n) is 4.49. The number of hydrogen-bond acceptors (Lipinski definition) is 2. The third-order valence-electron chi connectivity index (χ3n) is 3.29. The third-order valence-corrected chi connectivity index (χ3v) is 3.29. The molecule has 0 saturated heterocycles. The van der Waals surface area contributed by atoms with Gasteiger partial charge in [-0.3, -0.25) is 4.79 Å². The van der Waals surface area contributed by atoms with E-state index in [-0.39, 0.29) is 6.61 Å². The molecule has 2 rings (SSSR count). The Balaban J connectivity index is 2.27. The Kier molecular flexibility index (Phi) is 3.18. The predicted octanol–water partition coefficient (Wildman–Crippen LogP) is 2.66. The fraction of sp³-hybridized carbons (Fsp3) is 0.357. The zero-order valence-corrected chi connectivity index (χ0v) is 9.69. The maximum Gasteiger partial charge on any atom is 0.313 e. The van der Waals surface area contributed by atoms with Gasteiger partial charge >= 0.3 is 5.97 Å². The zero-order valence-electron chi connectivity index (χ0n) is 9.69. The summed E-state index contributed by atoms with van der Waals surface area (Å²) in [7, 11) is 0. The molecule has 0 aliphatic carbocycles. The van der Waals surface area contributed by atoms with Gasteiger partial charge in [0.15, 0.2) is 0 Å². The summed E-state index contributed by atoms with van der Waals surface area (Å²) >= 11 is 0. The van der Waals surface area contributed by atoms with E-state index in [4.69, 9.17) is 4.74 Å². The molecule has 1 aliphatic rings. The molecule has 0 saturated carbocycles. The topological polar surface area (TPSA) is 46.5 Å². The summed E-state index contributed by atoms with van der Waals surface area (Å²) in [6.45, 7) is 3.89. The lowest BCUT2D eigenvalue weighted by Gasteiger charge is -2.34. The molecule has 1 atom stereocenters. The van der Waals surface area contributed by atoms with Crippen LogP contribution in [-0.4, -0.2) is 17.7 Å². The van der Waals surface area contributed by atoms with Gasteiger partial charge in [0, 0.05) is 0 Å². The van der Waals surface area contributed by atoms with Gasteiger partial charge in [0.1, 0.15) is 17.8 Å². The Hall–Kier alpha value is -1.77. The molecule has 1 N–H and O–H groups in total. The highest BCUT2D eigenvalue weighted by molar-refractivity contribution is 5.76. The van der Waals surface area contributed by atoms with Crippen molar-refractivity contribution in [3.8, 4) is 5.75 Å². The van der Waals surface area contributed by atoms with Crippen molar-refractivity contribution in [3.63, 3.8) is 0 Å². The molecule has 0 spiro atoms. The number of para-hydroxylation sites is 1. The fourth-order valence-electron chi connectivity index (χ4n) is 2.21. The largest absolute Gasteiger partial charge is 0.492 e. The molecule has 0 aromatic heterocycles. The van der Waals surface area contributed by atoms with Gasteiger partial charge in [-0.1, -0.05) is 24.3 Å². The summed E-state index contributed by atoms with van der Waals surface area (Å²) < 4.78 is 5.58. The van der Waals surface area contributed by atoms with E-state index < -0.39 is 11.4 Å². The summed E-state index contributed by atoms with van der Waals surface area (Å²) in [6.07, 6.45) is 3.55. The van der Waals surface area contributed by atoms with Gasteiger partial charge in [-0.25, -0.2) is 0 Å². The van der Waals surface area contributed by atoms with Crippen LogP contribution in [0.4, 0.5) is 0 Å². The van der Waals surface area contributed by atoms with Crippen molar-refractivity contribution in [1.82, 2.24) is 0 Å². The molecule has 0 bridgehead atoms. The van der Waals surface area contributed by atoms with Crippen molar-refractivity contribution >= 4 is 5.97 Å². The van der Waals surface area contributed by atoms with Crippen LogP contribution in [0.2, 0.25) is 0 Å². The van der Waals surface area contributed by atoms with Crippen molar-refractivity contribution in [2.45, 2.75) is 19.3 Å². The van der Waals surface area contributed by atoms with E-state index in [0.29, 0.717) is 19.3 Å². The van der Waals surface area contributed by atoms with Crippen molar-refractivity contribution in [2.75, 3.05) is 6.61 Å². The van der Waals surface area contributed by atoms with E-state index in [2.05, 4.69) is 6.58 Å². The van der Waals surface area contributed by atoms with Crippen LogP contribution >= 0.6 is 0 Å². The molecule has 0 fully saturated rings. The van der Waals surface area contributed by atoms with Crippen LogP contribution in [0.15, 0.2) is 36.9 Å². The summed E-state index contributed by atoms with van der Waals surface area (Å²) in [4.78, 5) is 11.5. The molecule has 3 nitrogen and oxygen atoms in total. The maximum absolute atomic E-state index is 11.5. The lowest BCUT2D eigenvalue weighted by Crippen LogP contribution is -2.41. The highest BCUT2D eigenvalue weighted by Crippen LogP contribution is 2.38. The number of fused-ring (bicyclic) bond motifs is 1. The van der Waals surface area contributed by atoms with E-state index in [1.54, 1.807) is 6.08 Å². The molecule has 1 unspecified atom stereocenters. The molecule has 1 heterocycles. The number of carboxylic acid groups (broad SMARTS) is 1. The molecule has 1 aromatic rings.